The summed E-state index contributed by atoms with van der Waals surface area (Å²) in [6, 6.07) is 8.87. The van der Waals surface area contributed by atoms with Crippen molar-refractivity contribution < 1.29 is 23.9 Å². The Labute approximate surface area is 184 Å². The molecule has 0 radical (unpaired) electrons. The molecule has 2 aliphatic rings. The fourth-order valence-corrected chi connectivity index (χ4v) is 4.42. The summed E-state index contributed by atoms with van der Waals surface area (Å²) in [5.74, 6) is -0.522. The third-order valence-corrected chi connectivity index (χ3v) is 5.98. The maximum Gasteiger partial charge on any atom is 0.410 e. The van der Waals surface area contributed by atoms with Crippen molar-refractivity contribution in [3.8, 4) is 0 Å². The predicted octanol–water partition coefficient (Wildman–Crippen LogP) is 3.61. The van der Waals surface area contributed by atoms with Crippen LogP contribution in [-0.2, 0) is 25.7 Å². The molecule has 7 heteroatoms. The first-order valence-electron chi connectivity index (χ1n) is 11.0. The largest absolute Gasteiger partial charge is 0.459 e. The molecular weight excluding hydrogens is 396 g/mol. The van der Waals surface area contributed by atoms with E-state index in [1.165, 1.54) is 0 Å². The number of amides is 2. The number of ether oxygens (including phenoxy) is 2. The quantitative estimate of drug-likeness (QED) is 0.667. The van der Waals surface area contributed by atoms with Gasteiger partial charge in [-0.3, -0.25) is 4.79 Å². The number of hydrogen-bond acceptors (Lipinski definition) is 5. The van der Waals surface area contributed by atoms with Gasteiger partial charge in [-0.2, -0.15) is 0 Å². The van der Waals surface area contributed by atoms with Gasteiger partial charge in [0.2, 0.25) is 5.91 Å². The molecule has 0 aromatic heterocycles. The van der Waals surface area contributed by atoms with Crippen molar-refractivity contribution in [1.82, 2.24) is 9.80 Å². The van der Waals surface area contributed by atoms with Crippen LogP contribution in [0.5, 0.6) is 0 Å². The summed E-state index contributed by atoms with van der Waals surface area (Å²) in [6.07, 6.45) is 0.824. The number of carbonyl (C=O) groups excluding carboxylic acids is 3. The number of benzene rings is 1. The Balaban J connectivity index is 1.66. The molecule has 2 fully saturated rings. The second kappa shape index (κ2) is 8.89. The highest BCUT2D eigenvalue weighted by molar-refractivity contribution is 5.91. The van der Waals surface area contributed by atoms with Crippen molar-refractivity contribution in [3.05, 3.63) is 35.9 Å². The third-order valence-electron chi connectivity index (χ3n) is 5.98. The van der Waals surface area contributed by atoms with Crippen LogP contribution in [0.2, 0.25) is 0 Å². The Morgan fingerprint density at radius 1 is 1.10 bits per heavy atom. The molecule has 2 saturated heterocycles. The van der Waals surface area contributed by atoms with E-state index in [9.17, 15) is 14.4 Å². The summed E-state index contributed by atoms with van der Waals surface area (Å²) in [6.45, 7) is 10.8. The lowest BCUT2D eigenvalue weighted by molar-refractivity contribution is -0.158. The lowest BCUT2D eigenvalue weighted by Gasteiger charge is -2.31. The molecule has 31 heavy (non-hydrogen) atoms. The Kier molecular flexibility index (Phi) is 6.62. The van der Waals surface area contributed by atoms with Crippen LogP contribution in [0, 0.1) is 11.3 Å². The molecule has 1 spiro atoms. The molecule has 0 bridgehead atoms. The Bertz CT molecular complexity index is 817. The molecule has 0 aliphatic carbocycles. The molecule has 170 valence electrons. The van der Waals surface area contributed by atoms with Crippen LogP contribution in [0.3, 0.4) is 0 Å². The van der Waals surface area contributed by atoms with Crippen LogP contribution in [0.25, 0.3) is 0 Å². The monoisotopic (exact) mass is 430 g/mol. The Hall–Kier alpha value is -2.57. The van der Waals surface area contributed by atoms with Crippen molar-refractivity contribution in [1.29, 1.82) is 0 Å². The highest BCUT2D eigenvalue weighted by Crippen LogP contribution is 2.42. The molecule has 7 nitrogen and oxygen atoms in total. The summed E-state index contributed by atoms with van der Waals surface area (Å²) in [5, 5.41) is 0. The summed E-state index contributed by atoms with van der Waals surface area (Å²) >= 11 is 0. The van der Waals surface area contributed by atoms with Crippen molar-refractivity contribution in [3.63, 3.8) is 0 Å². The highest BCUT2D eigenvalue weighted by atomic mass is 16.6. The number of likely N-dealkylation sites (tertiary alicyclic amines) is 2. The predicted molar refractivity (Wildman–Crippen MR) is 116 cm³/mol. The molecule has 2 aliphatic heterocycles. The lowest BCUT2D eigenvalue weighted by atomic mass is 9.85. The minimum atomic E-state index is -0.635. The minimum Gasteiger partial charge on any atom is -0.459 e. The molecule has 2 heterocycles. The second-order valence-corrected chi connectivity index (χ2v) is 9.96. The van der Waals surface area contributed by atoms with Gasteiger partial charge in [-0.05, 0) is 45.1 Å². The van der Waals surface area contributed by atoms with Gasteiger partial charge in [-0.1, -0.05) is 44.2 Å². The van der Waals surface area contributed by atoms with Crippen LogP contribution < -0.4 is 0 Å². The van der Waals surface area contributed by atoms with E-state index in [1.54, 1.807) is 9.80 Å². The van der Waals surface area contributed by atoms with Crippen molar-refractivity contribution in [2.75, 3.05) is 19.6 Å². The SMILES string of the molecule is CC(C)[C@@H](C(=O)OCc1ccccc1)N1CCC2(CCN(C(=O)OC(C)(C)C)C2)C1=O. The van der Waals surface area contributed by atoms with Gasteiger partial charge in [-0.25, -0.2) is 9.59 Å². The normalized spacial score (nSPS) is 22.3. The van der Waals surface area contributed by atoms with E-state index >= 15 is 0 Å². The zero-order chi connectivity index (χ0) is 22.8. The minimum absolute atomic E-state index is 0.0612. The van der Waals surface area contributed by atoms with E-state index in [4.69, 9.17) is 9.47 Å². The number of nitrogens with zero attached hydrogens (tertiary/aromatic N) is 2. The molecule has 1 aromatic rings. The Morgan fingerprint density at radius 2 is 1.74 bits per heavy atom. The van der Waals surface area contributed by atoms with E-state index in [0.29, 0.717) is 32.5 Å². The molecule has 1 unspecified atom stereocenters. The van der Waals surface area contributed by atoms with Crippen molar-refractivity contribution in [2.24, 2.45) is 11.3 Å². The molecule has 1 aromatic carbocycles. The summed E-state index contributed by atoms with van der Waals surface area (Å²) in [5.41, 5.74) is -0.306. The van der Waals surface area contributed by atoms with Gasteiger partial charge in [0.1, 0.15) is 18.2 Å². The van der Waals surface area contributed by atoms with Crippen LogP contribution in [0.1, 0.15) is 53.0 Å². The first-order chi connectivity index (χ1) is 14.5. The second-order valence-electron chi connectivity index (χ2n) is 9.96. The van der Waals surface area contributed by atoms with Gasteiger partial charge in [0.05, 0.1) is 5.41 Å². The fourth-order valence-electron chi connectivity index (χ4n) is 4.42. The van der Waals surface area contributed by atoms with Crippen molar-refractivity contribution >= 4 is 18.0 Å². The van der Waals surface area contributed by atoms with E-state index in [-0.39, 0.29) is 24.4 Å². The number of rotatable bonds is 5. The first kappa shape index (κ1) is 23.1. The number of esters is 1. The maximum absolute atomic E-state index is 13.4. The molecule has 2 atom stereocenters. The lowest BCUT2D eigenvalue weighted by Crippen LogP contribution is -2.49. The molecule has 3 rings (SSSR count). The summed E-state index contributed by atoms with van der Waals surface area (Å²) in [7, 11) is 0. The zero-order valence-electron chi connectivity index (χ0n) is 19.2. The Morgan fingerprint density at radius 3 is 2.35 bits per heavy atom. The zero-order valence-corrected chi connectivity index (χ0v) is 19.2. The van der Waals surface area contributed by atoms with Crippen LogP contribution in [0.4, 0.5) is 4.79 Å². The highest BCUT2D eigenvalue weighted by Gasteiger charge is 2.54. The number of hydrogen-bond donors (Lipinski definition) is 0. The van der Waals surface area contributed by atoms with Crippen LogP contribution in [0.15, 0.2) is 30.3 Å². The molecular formula is C24H34N2O5. The average molecular weight is 431 g/mol. The maximum atomic E-state index is 13.4. The van der Waals surface area contributed by atoms with E-state index in [0.717, 1.165) is 5.56 Å². The van der Waals surface area contributed by atoms with E-state index in [1.807, 2.05) is 65.0 Å². The van der Waals surface area contributed by atoms with Gasteiger partial charge in [0, 0.05) is 19.6 Å². The van der Waals surface area contributed by atoms with Crippen molar-refractivity contribution in [2.45, 2.75) is 65.7 Å². The average Bonchev–Trinajstić information content (AvgIpc) is 3.26. The van der Waals surface area contributed by atoms with Gasteiger partial charge >= 0.3 is 12.1 Å². The number of carbonyl (C=O) groups is 3. The van der Waals surface area contributed by atoms with Gasteiger partial charge < -0.3 is 19.3 Å². The smallest absolute Gasteiger partial charge is 0.410 e. The topological polar surface area (TPSA) is 76.2 Å². The standard InChI is InChI=1S/C24H34N2O5/c1-17(2)19(20(27)30-15-18-9-7-6-8-10-18)26-14-12-24(21(26)28)11-13-25(16-24)22(29)31-23(3,4)5/h6-10,17,19H,11-16H2,1-5H3/t19-,24?/m0/s1. The van der Waals surface area contributed by atoms with E-state index < -0.39 is 23.2 Å². The van der Waals surface area contributed by atoms with Gasteiger partial charge in [0.25, 0.3) is 0 Å². The fraction of sp³-hybridized carbons (Fsp3) is 0.625. The summed E-state index contributed by atoms with van der Waals surface area (Å²) in [4.78, 5) is 42.1. The first-order valence-corrected chi connectivity index (χ1v) is 11.0. The summed E-state index contributed by atoms with van der Waals surface area (Å²) < 4.78 is 11.0. The molecule has 0 saturated carbocycles. The third kappa shape index (κ3) is 5.20. The van der Waals surface area contributed by atoms with Crippen LogP contribution in [-0.4, -0.2) is 59.0 Å². The molecule has 2 amide bonds. The van der Waals surface area contributed by atoms with E-state index in [2.05, 4.69) is 0 Å². The molecule has 0 N–H and O–H groups in total. The van der Waals surface area contributed by atoms with Gasteiger partial charge in [-0.15, -0.1) is 0 Å². The van der Waals surface area contributed by atoms with Gasteiger partial charge in [0.15, 0.2) is 0 Å². The van der Waals surface area contributed by atoms with Crippen LogP contribution >= 0.6 is 0 Å².